The van der Waals surface area contributed by atoms with Gasteiger partial charge >= 0.3 is 0 Å². The Morgan fingerprint density at radius 2 is 1.82 bits per heavy atom. The number of thiophene rings is 1. The molecule has 8 heteroatoms. The van der Waals surface area contributed by atoms with E-state index in [1.165, 1.54) is 0 Å². The van der Waals surface area contributed by atoms with Gasteiger partial charge in [0.15, 0.2) is 5.82 Å². The molecule has 3 N–H and O–H groups in total. The Labute approximate surface area is 201 Å². The molecule has 0 aliphatic carbocycles. The predicted octanol–water partition coefficient (Wildman–Crippen LogP) is 5.33. The molecule has 6 rings (SSSR count). The topological polar surface area (TPSA) is 87.7 Å². The number of pyridine rings is 2. The van der Waals surface area contributed by atoms with Crippen molar-refractivity contribution in [2.75, 3.05) is 23.7 Å². The van der Waals surface area contributed by atoms with Crippen molar-refractivity contribution in [1.29, 1.82) is 0 Å². The van der Waals surface area contributed by atoms with Gasteiger partial charge < -0.3 is 16.0 Å². The number of hydrogen-bond acceptors (Lipinski definition) is 8. The fourth-order valence-corrected chi connectivity index (χ4v) is 4.88. The standard InChI is InChI=1S/C26H23N7S/c1-2-4-17(5-3-1)19-6-7-22(29-15-19)32-23-14-18(8-12-28-23)25-31-21-10-13-34-24(21)26(33-25)30-20-9-11-27-16-20/h1-8,10,12-15,20,27H,9,11,16H2,(H,28,29,32)(H,30,31,33). The van der Waals surface area contributed by atoms with E-state index in [1.807, 2.05) is 48.7 Å². The first-order valence-corrected chi connectivity index (χ1v) is 12.2. The highest BCUT2D eigenvalue weighted by molar-refractivity contribution is 7.17. The van der Waals surface area contributed by atoms with Crippen LogP contribution in [0.1, 0.15) is 6.42 Å². The van der Waals surface area contributed by atoms with Gasteiger partial charge in [0.1, 0.15) is 17.5 Å². The fraction of sp³-hybridized carbons (Fsp3) is 0.154. The van der Waals surface area contributed by atoms with E-state index in [1.54, 1.807) is 17.5 Å². The third kappa shape index (κ3) is 4.33. The Morgan fingerprint density at radius 1 is 0.882 bits per heavy atom. The number of hydrogen-bond donors (Lipinski definition) is 3. The summed E-state index contributed by atoms with van der Waals surface area (Å²) in [6.45, 7) is 1.98. The lowest BCUT2D eigenvalue weighted by molar-refractivity contribution is 0.789. The molecule has 1 saturated heterocycles. The molecule has 34 heavy (non-hydrogen) atoms. The Hall–Kier alpha value is -3.88. The summed E-state index contributed by atoms with van der Waals surface area (Å²) in [7, 11) is 0. The van der Waals surface area contributed by atoms with E-state index in [2.05, 4.69) is 49.5 Å². The molecule has 5 aromatic rings. The van der Waals surface area contributed by atoms with E-state index in [0.717, 1.165) is 58.1 Å². The number of nitrogens with zero attached hydrogens (tertiary/aromatic N) is 4. The summed E-state index contributed by atoms with van der Waals surface area (Å²) in [6, 6.07) is 20.5. The zero-order valence-electron chi connectivity index (χ0n) is 18.4. The smallest absolute Gasteiger partial charge is 0.162 e. The number of nitrogens with one attached hydrogen (secondary N) is 3. The van der Waals surface area contributed by atoms with Gasteiger partial charge in [-0.2, -0.15) is 0 Å². The summed E-state index contributed by atoms with van der Waals surface area (Å²) in [6.07, 6.45) is 4.72. The highest BCUT2D eigenvalue weighted by Gasteiger charge is 2.18. The molecule has 168 valence electrons. The van der Waals surface area contributed by atoms with Crippen LogP contribution in [0.25, 0.3) is 32.7 Å². The molecule has 1 unspecified atom stereocenters. The Balaban J connectivity index is 1.26. The van der Waals surface area contributed by atoms with Gasteiger partial charge in [-0.05, 0) is 54.2 Å². The second kappa shape index (κ2) is 9.17. The number of benzene rings is 1. The van der Waals surface area contributed by atoms with E-state index in [4.69, 9.17) is 9.97 Å². The van der Waals surface area contributed by atoms with Crippen molar-refractivity contribution in [3.63, 3.8) is 0 Å². The van der Waals surface area contributed by atoms with Gasteiger partial charge in [0, 0.05) is 36.1 Å². The van der Waals surface area contributed by atoms with Crippen molar-refractivity contribution in [1.82, 2.24) is 25.3 Å². The maximum absolute atomic E-state index is 4.89. The summed E-state index contributed by atoms with van der Waals surface area (Å²) < 4.78 is 1.09. The van der Waals surface area contributed by atoms with Gasteiger partial charge in [-0.1, -0.05) is 30.3 Å². The average Bonchev–Trinajstić information content (AvgIpc) is 3.57. The van der Waals surface area contributed by atoms with Crippen LogP contribution < -0.4 is 16.0 Å². The highest BCUT2D eigenvalue weighted by Crippen LogP contribution is 2.30. The minimum atomic E-state index is 0.382. The Morgan fingerprint density at radius 3 is 2.65 bits per heavy atom. The monoisotopic (exact) mass is 465 g/mol. The summed E-state index contributed by atoms with van der Waals surface area (Å²) in [5.74, 6) is 3.00. The minimum Gasteiger partial charge on any atom is -0.365 e. The maximum Gasteiger partial charge on any atom is 0.162 e. The molecule has 4 aromatic heterocycles. The number of rotatable bonds is 6. The van der Waals surface area contributed by atoms with Crippen molar-refractivity contribution in [2.24, 2.45) is 0 Å². The first kappa shape index (κ1) is 20.7. The van der Waals surface area contributed by atoms with Crippen molar-refractivity contribution < 1.29 is 0 Å². The van der Waals surface area contributed by atoms with Crippen LogP contribution in [-0.4, -0.2) is 39.1 Å². The normalized spacial score (nSPS) is 15.5. The maximum atomic E-state index is 4.89. The Kier molecular flexibility index (Phi) is 5.58. The van der Waals surface area contributed by atoms with E-state index in [0.29, 0.717) is 17.7 Å². The molecular formula is C26H23N7S. The lowest BCUT2D eigenvalue weighted by atomic mass is 10.1. The second-order valence-corrected chi connectivity index (χ2v) is 9.13. The fourth-order valence-electron chi connectivity index (χ4n) is 4.10. The van der Waals surface area contributed by atoms with Crippen molar-refractivity contribution >= 4 is 39.0 Å². The molecule has 0 amide bonds. The molecule has 0 bridgehead atoms. The highest BCUT2D eigenvalue weighted by atomic mass is 32.1. The van der Waals surface area contributed by atoms with Crippen LogP contribution in [0.4, 0.5) is 17.5 Å². The number of fused-ring (bicyclic) bond motifs is 1. The van der Waals surface area contributed by atoms with E-state index >= 15 is 0 Å². The van der Waals surface area contributed by atoms with Crippen LogP contribution in [0.2, 0.25) is 0 Å². The van der Waals surface area contributed by atoms with Crippen LogP contribution in [-0.2, 0) is 0 Å². The molecule has 0 saturated carbocycles. The van der Waals surface area contributed by atoms with Gasteiger partial charge in [-0.25, -0.2) is 19.9 Å². The lowest BCUT2D eigenvalue weighted by Gasteiger charge is -2.14. The molecule has 1 fully saturated rings. The van der Waals surface area contributed by atoms with Gasteiger partial charge in [0.25, 0.3) is 0 Å². The second-order valence-electron chi connectivity index (χ2n) is 8.22. The summed E-state index contributed by atoms with van der Waals surface area (Å²) in [5, 5.41) is 12.4. The van der Waals surface area contributed by atoms with Crippen molar-refractivity contribution in [3.8, 4) is 22.5 Å². The van der Waals surface area contributed by atoms with Crippen LogP contribution >= 0.6 is 11.3 Å². The minimum absolute atomic E-state index is 0.382. The lowest BCUT2D eigenvalue weighted by Crippen LogP contribution is -2.22. The zero-order valence-corrected chi connectivity index (χ0v) is 19.2. The van der Waals surface area contributed by atoms with Gasteiger partial charge in [0.2, 0.25) is 0 Å². The van der Waals surface area contributed by atoms with Crippen LogP contribution in [0.3, 0.4) is 0 Å². The average molecular weight is 466 g/mol. The molecule has 1 aliphatic heterocycles. The van der Waals surface area contributed by atoms with Crippen LogP contribution in [0.5, 0.6) is 0 Å². The predicted molar refractivity (Wildman–Crippen MR) is 138 cm³/mol. The molecule has 7 nitrogen and oxygen atoms in total. The SMILES string of the molecule is c1ccc(-c2ccc(Nc3cc(-c4nc(NC5CCNC5)c5sccc5n4)ccn3)nc2)cc1. The molecule has 1 aliphatic rings. The van der Waals surface area contributed by atoms with Crippen molar-refractivity contribution in [2.45, 2.75) is 12.5 Å². The van der Waals surface area contributed by atoms with Gasteiger partial charge in [0.05, 0.1) is 10.2 Å². The molecular weight excluding hydrogens is 442 g/mol. The summed E-state index contributed by atoms with van der Waals surface area (Å²) >= 11 is 1.66. The molecule has 5 heterocycles. The van der Waals surface area contributed by atoms with Gasteiger partial charge in [-0.3, -0.25) is 0 Å². The third-order valence-corrected chi connectivity index (χ3v) is 6.76. The zero-order chi connectivity index (χ0) is 22.7. The van der Waals surface area contributed by atoms with E-state index in [-0.39, 0.29) is 0 Å². The van der Waals surface area contributed by atoms with E-state index in [9.17, 15) is 0 Å². The summed E-state index contributed by atoms with van der Waals surface area (Å²) in [5.41, 5.74) is 4.07. The largest absolute Gasteiger partial charge is 0.365 e. The van der Waals surface area contributed by atoms with Crippen LogP contribution in [0, 0.1) is 0 Å². The van der Waals surface area contributed by atoms with E-state index < -0.39 is 0 Å². The number of anilines is 3. The molecule has 0 radical (unpaired) electrons. The van der Waals surface area contributed by atoms with Crippen molar-refractivity contribution in [3.05, 3.63) is 78.4 Å². The molecule has 1 atom stereocenters. The first-order valence-electron chi connectivity index (χ1n) is 11.3. The molecule has 1 aromatic carbocycles. The van der Waals surface area contributed by atoms with Crippen LogP contribution in [0.15, 0.2) is 78.4 Å². The number of aromatic nitrogens is 4. The van der Waals surface area contributed by atoms with Gasteiger partial charge in [-0.15, -0.1) is 11.3 Å². The third-order valence-electron chi connectivity index (χ3n) is 5.85. The quantitative estimate of drug-likeness (QED) is 0.312. The summed E-state index contributed by atoms with van der Waals surface area (Å²) in [4.78, 5) is 18.7. The molecule has 0 spiro atoms. The Bertz CT molecular complexity index is 1410. The first-order chi connectivity index (χ1) is 16.8.